The lowest BCUT2D eigenvalue weighted by Gasteiger charge is -2.38. The maximum Gasteiger partial charge on any atom is 0.302 e. The second-order valence-electron chi connectivity index (χ2n) is 6.05. The highest BCUT2D eigenvalue weighted by atomic mass is 16.5. The fraction of sp³-hybridized carbons (Fsp3) is 0.917. The first-order chi connectivity index (χ1) is 6.33. The summed E-state index contributed by atoms with van der Waals surface area (Å²) in [6.07, 6.45) is 3.68. The van der Waals surface area contributed by atoms with Crippen LogP contribution in [0.15, 0.2) is 0 Å². The Hall–Kier alpha value is -0.530. The SMILES string of the molecule is CC(=O)O[C@H]1C[C@H]2C[C@@]1(C)CC2(C)C. The summed E-state index contributed by atoms with van der Waals surface area (Å²) in [6.45, 7) is 8.47. The molecule has 2 fully saturated rings. The van der Waals surface area contributed by atoms with Gasteiger partial charge in [0.25, 0.3) is 0 Å². The van der Waals surface area contributed by atoms with Gasteiger partial charge in [0.05, 0.1) is 0 Å². The van der Waals surface area contributed by atoms with E-state index < -0.39 is 0 Å². The molecule has 2 aliphatic carbocycles. The third kappa shape index (κ3) is 1.35. The van der Waals surface area contributed by atoms with Gasteiger partial charge in [0.15, 0.2) is 0 Å². The molecular formula is C12H20O2. The molecule has 14 heavy (non-hydrogen) atoms. The van der Waals surface area contributed by atoms with Crippen LogP contribution in [0.25, 0.3) is 0 Å². The number of rotatable bonds is 1. The molecular weight excluding hydrogens is 176 g/mol. The van der Waals surface area contributed by atoms with Crippen LogP contribution in [0.5, 0.6) is 0 Å². The van der Waals surface area contributed by atoms with E-state index >= 15 is 0 Å². The Morgan fingerprint density at radius 2 is 2.00 bits per heavy atom. The number of esters is 1. The summed E-state index contributed by atoms with van der Waals surface area (Å²) in [5.74, 6) is 0.624. The van der Waals surface area contributed by atoms with Crippen molar-refractivity contribution in [3.8, 4) is 0 Å². The number of carbonyl (C=O) groups excluding carboxylic acids is 1. The van der Waals surface area contributed by atoms with E-state index in [2.05, 4.69) is 20.8 Å². The summed E-state index contributed by atoms with van der Waals surface area (Å²) < 4.78 is 5.40. The zero-order chi connectivity index (χ0) is 10.6. The van der Waals surface area contributed by atoms with E-state index in [9.17, 15) is 4.79 Å². The highest BCUT2D eigenvalue weighted by Crippen LogP contribution is 2.63. The average Bonchev–Trinajstić information content (AvgIpc) is 2.35. The number of hydrogen-bond acceptors (Lipinski definition) is 2. The summed E-state index contributed by atoms with van der Waals surface area (Å²) >= 11 is 0. The van der Waals surface area contributed by atoms with Gasteiger partial charge in [-0.1, -0.05) is 20.8 Å². The van der Waals surface area contributed by atoms with Gasteiger partial charge in [-0.15, -0.1) is 0 Å². The third-order valence-corrected chi connectivity index (χ3v) is 4.26. The van der Waals surface area contributed by atoms with Crippen LogP contribution in [-0.2, 0) is 9.53 Å². The van der Waals surface area contributed by atoms with Gasteiger partial charge in [-0.3, -0.25) is 4.79 Å². The van der Waals surface area contributed by atoms with Crippen LogP contribution in [0.2, 0.25) is 0 Å². The second kappa shape index (κ2) is 2.74. The number of ether oxygens (including phenoxy) is 1. The van der Waals surface area contributed by atoms with Crippen molar-refractivity contribution in [2.24, 2.45) is 16.7 Å². The number of carbonyl (C=O) groups is 1. The van der Waals surface area contributed by atoms with E-state index in [4.69, 9.17) is 4.74 Å². The van der Waals surface area contributed by atoms with Gasteiger partial charge in [0.1, 0.15) is 6.10 Å². The van der Waals surface area contributed by atoms with Crippen LogP contribution in [0, 0.1) is 16.7 Å². The van der Waals surface area contributed by atoms with Crippen molar-refractivity contribution in [2.75, 3.05) is 0 Å². The Morgan fingerprint density at radius 1 is 1.36 bits per heavy atom. The largest absolute Gasteiger partial charge is 0.462 e. The molecule has 0 aliphatic heterocycles. The van der Waals surface area contributed by atoms with Gasteiger partial charge >= 0.3 is 5.97 Å². The van der Waals surface area contributed by atoms with Crippen molar-refractivity contribution in [1.29, 1.82) is 0 Å². The van der Waals surface area contributed by atoms with Gasteiger partial charge in [0.2, 0.25) is 0 Å². The zero-order valence-electron chi connectivity index (χ0n) is 9.59. The number of hydrogen-bond donors (Lipinski definition) is 0. The van der Waals surface area contributed by atoms with Crippen LogP contribution >= 0.6 is 0 Å². The van der Waals surface area contributed by atoms with Gasteiger partial charge in [-0.25, -0.2) is 0 Å². The van der Waals surface area contributed by atoms with E-state index in [-0.39, 0.29) is 17.5 Å². The molecule has 0 unspecified atom stereocenters. The minimum Gasteiger partial charge on any atom is -0.462 e. The standard InChI is InChI=1S/C12H20O2/c1-8(13)14-10-5-9-6-12(10,4)7-11(9,2)3/h9-10H,5-7H2,1-4H3/t9-,10-,12-/m0/s1. The quantitative estimate of drug-likeness (QED) is 0.603. The highest BCUT2D eigenvalue weighted by molar-refractivity contribution is 5.66. The molecule has 0 aromatic carbocycles. The summed E-state index contributed by atoms with van der Waals surface area (Å²) in [6, 6.07) is 0. The molecule has 80 valence electrons. The van der Waals surface area contributed by atoms with Gasteiger partial charge < -0.3 is 4.74 Å². The highest BCUT2D eigenvalue weighted by Gasteiger charge is 2.58. The Kier molecular flexibility index (Phi) is 1.96. The molecule has 0 amide bonds. The maximum atomic E-state index is 11.0. The predicted molar refractivity (Wildman–Crippen MR) is 54.8 cm³/mol. The van der Waals surface area contributed by atoms with Crippen molar-refractivity contribution >= 4 is 5.97 Å². The fourth-order valence-corrected chi connectivity index (χ4v) is 3.68. The van der Waals surface area contributed by atoms with Crippen LogP contribution < -0.4 is 0 Å². The lowest BCUT2D eigenvalue weighted by Crippen LogP contribution is -2.36. The molecule has 0 spiro atoms. The first-order valence-electron chi connectivity index (χ1n) is 5.51. The molecule has 0 aromatic rings. The predicted octanol–water partition coefficient (Wildman–Crippen LogP) is 2.76. The Morgan fingerprint density at radius 3 is 2.36 bits per heavy atom. The molecule has 2 heteroatoms. The number of fused-ring (bicyclic) bond motifs is 2. The van der Waals surface area contributed by atoms with Crippen molar-refractivity contribution in [2.45, 2.75) is 53.1 Å². The van der Waals surface area contributed by atoms with Gasteiger partial charge in [0, 0.05) is 12.3 Å². The van der Waals surface area contributed by atoms with Crippen molar-refractivity contribution < 1.29 is 9.53 Å². The fourth-order valence-electron chi connectivity index (χ4n) is 3.68. The topological polar surface area (TPSA) is 26.3 Å². The molecule has 0 radical (unpaired) electrons. The van der Waals surface area contributed by atoms with E-state index in [0.717, 1.165) is 12.3 Å². The molecule has 2 bridgehead atoms. The molecule has 0 aromatic heterocycles. The van der Waals surface area contributed by atoms with Gasteiger partial charge in [-0.05, 0) is 30.6 Å². The molecule has 0 saturated heterocycles. The lowest BCUT2D eigenvalue weighted by molar-refractivity contribution is -0.153. The summed E-state index contributed by atoms with van der Waals surface area (Å²) in [5.41, 5.74) is 0.700. The lowest BCUT2D eigenvalue weighted by atomic mass is 9.71. The van der Waals surface area contributed by atoms with Crippen LogP contribution in [0.4, 0.5) is 0 Å². The molecule has 3 atom stereocenters. The molecule has 2 aliphatic rings. The second-order valence-corrected chi connectivity index (χ2v) is 6.05. The third-order valence-electron chi connectivity index (χ3n) is 4.26. The van der Waals surface area contributed by atoms with Gasteiger partial charge in [-0.2, -0.15) is 0 Å². The van der Waals surface area contributed by atoms with E-state index in [1.165, 1.54) is 19.8 Å². The summed E-state index contributed by atoms with van der Waals surface area (Å²) in [4.78, 5) is 11.0. The molecule has 2 rings (SSSR count). The van der Waals surface area contributed by atoms with Crippen LogP contribution in [-0.4, -0.2) is 12.1 Å². The maximum absolute atomic E-state index is 11.0. The monoisotopic (exact) mass is 196 g/mol. The average molecular weight is 196 g/mol. The van der Waals surface area contributed by atoms with E-state index in [1.54, 1.807) is 0 Å². The minimum absolute atomic E-state index is 0.124. The first kappa shape index (κ1) is 10.0. The Bertz CT molecular complexity index is 269. The summed E-state index contributed by atoms with van der Waals surface area (Å²) in [5, 5.41) is 0. The van der Waals surface area contributed by atoms with Crippen molar-refractivity contribution in [3.63, 3.8) is 0 Å². The molecule has 0 heterocycles. The smallest absolute Gasteiger partial charge is 0.302 e. The van der Waals surface area contributed by atoms with Crippen LogP contribution in [0.1, 0.15) is 47.0 Å². The van der Waals surface area contributed by atoms with Crippen molar-refractivity contribution in [1.82, 2.24) is 0 Å². The van der Waals surface area contributed by atoms with E-state index in [1.807, 2.05) is 0 Å². The molecule has 2 saturated carbocycles. The zero-order valence-corrected chi connectivity index (χ0v) is 9.59. The van der Waals surface area contributed by atoms with Crippen molar-refractivity contribution in [3.05, 3.63) is 0 Å². The summed E-state index contributed by atoms with van der Waals surface area (Å²) in [7, 11) is 0. The Balaban J connectivity index is 2.12. The normalized spacial score (nSPS) is 44.0. The van der Waals surface area contributed by atoms with Crippen LogP contribution in [0.3, 0.4) is 0 Å². The Labute approximate surface area is 86.0 Å². The molecule has 2 nitrogen and oxygen atoms in total. The van der Waals surface area contributed by atoms with E-state index in [0.29, 0.717) is 5.41 Å². The minimum atomic E-state index is -0.124. The molecule has 0 N–H and O–H groups in total. The first-order valence-corrected chi connectivity index (χ1v) is 5.51.